The summed E-state index contributed by atoms with van der Waals surface area (Å²) in [4.78, 5) is 14.3. The fourth-order valence-electron chi connectivity index (χ4n) is 3.01. The van der Waals surface area contributed by atoms with E-state index in [0.717, 1.165) is 19.4 Å². The lowest BCUT2D eigenvalue weighted by molar-refractivity contribution is 0.000830. The van der Waals surface area contributed by atoms with Gasteiger partial charge in [0.25, 0.3) is 0 Å². The summed E-state index contributed by atoms with van der Waals surface area (Å²) >= 11 is 5.96. The minimum absolute atomic E-state index is 0.0680. The fourth-order valence-corrected chi connectivity index (χ4v) is 3.20. The highest BCUT2D eigenvalue weighted by Gasteiger charge is 2.24. The number of hydrogen-bond acceptors (Lipinski definition) is 2. The van der Waals surface area contributed by atoms with Crippen molar-refractivity contribution in [2.75, 3.05) is 18.4 Å². The maximum Gasteiger partial charge on any atom is 0.321 e. The smallest absolute Gasteiger partial charge is 0.321 e. The van der Waals surface area contributed by atoms with Gasteiger partial charge in [-0.25, -0.2) is 4.79 Å². The van der Waals surface area contributed by atoms with Crippen molar-refractivity contribution >= 4 is 23.3 Å². The summed E-state index contributed by atoms with van der Waals surface area (Å²) in [6.45, 7) is 4.03. The Labute approximate surface area is 153 Å². The molecular formula is C20H23ClN2O2. The molecule has 0 bridgehead atoms. The number of nitrogens with zero attached hydrogens (tertiary/aromatic N) is 1. The summed E-state index contributed by atoms with van der Waals surface area (Å²) in [6.07, 6.45) is 1.99. The van der Waals surface area contributed by atoms with Crippen LogP contribution in [-0.2, 0) is 11.3 Å². The van der Waals surface area contributed by atoms with Crippen molar-refractivity contribution in [2.24, 2.45) is 0 Å². The number of aryl methyl sites for hydroxylation is 1. The Balaban J connectivity index is 1.53. The van der Waals surface area contributed by atoms with E-state index in [1.165, 1.54) is 11.1 Å². The molecule has 3 rings (SSSR count). The van der Waals surface area contributed by atoms with Crippen molar-refractivity contribution in [3.63, 3.8) is 0 Å². The molecule has 2 amide bonds. The van der Waals surface area contributed by atoms with Gasteiger partial charge in [0.1, 0.15) is 0 Å². The van der Waals surface area contributed by atoms with Gasteiger partial charge in [-0.3, -0.25) is 0 Å². The van der Waals surface area contributed by atoms with E-state index in [9.17, 15) is 4.79 Å². The van der Waals surface area contributed by atoms with Crippen LogP contribution in [0.2, 0.25) is 5.02 Å². The van der Waals surface area contributed by atoms with Gasteiger partial charge >= 0.3 is 6.03 Å². The Hall–Kier alpha value is -2.04. The first kappa shape index (κ1) is 17.8. The van der Waals surface area contributed by atoms with E-state index in [2.05, 4.69) is 24.4 Å². The molecule has 0 radical (unpaired) electrons. The van der Waals surface area contributed by atoms with E-state index < -0.39 is 0 Å². The molecule has 1 saturated heterocycles. The van der Waals surface area contributed by atoms with Crippen molar-refractivity contribution in [3.05, 3.63) is 64.7 Å². The first-order valence-corrected chi connectivity index (χ1v) is 8.97. The van der Waals surface area contributed by atoms with Gasteiger partial charge in [0.2, 0.25) is 0 Å². The number of ether oxygens (including phenoxy) is 1. The average Bonchev–Trinajstić information content (AvgIpc) is 2.61. The summed E-state index contributed by atoms with van der Waals surface area (Å²) in [5, 5.41) is 3.51. The second kappa shape index (κ2) is 8.37. The second-order valence-corrected chi connectivity index (χ2v) is 6.82. The SMILES string of the molecule is Cc1ccccc1CO[C@H]1CCCN(C(=O)Nc2cccc(Cl)c2)C1. The molecule has 0 aliphatic carbocycles. The number of carbonyl (C=O) groups excluding carboxylic acids is 1. The Morgan fingerprint density at radius 3 is 2.92 bits per heavy atom. The standard InChI is InChI=1S/C20H23ClN2O2/c1-15-6-2-3-7-16(15)14-25-19-10-5-11-23(13-19)20(24)22-18-9-4-8-17(21)12-18/h2-4,6-9,12,19H,5,10-11,13-14H2,1H3,(H,22,24)/t19-/m0/s1. The zero-order valence-electron chi connectivity index (χ0n) is 14.4. The molecule has 1 aliphatic heterocycles. The number of hydrogen-bond donors (Lipinski definition) is 1. The summed E-state index contributed by atoms with van der Waals surface area (Å²) in [5.41, 5.74) is 3.14. The van der Waals surface area contributed by atoms with E-state index in [0.29, 0.717) is 23.9 Å². The van der Waals surface area contributed by atoms with Crippen molar-refractivity contribution in [1.29, 1.82) is 0 Å². The van der Waals surface area contributed by atoms with E-state index >= 15 is 0 Å². The van der Waals surface area contributed by atoms with Crippen LogP contribution in [0.25, 0.3) is 0 Å². The zero-order valence-corrected chi connectivity index (χ0v) is 15.1. The molecule has 1 aliphatic rings. The van der Waals surface area contributed by atoms with Crippen molar-refractivity contribution in [3.8, 4) is 0 Å². The predicted octanol–water partition coefficient (Wildman–Crippen LogP) is 4.86. The molecule has 1 heterocycles. The first-order valence-electron chi connectivity index (χ1n) is 8.59. The number of benzene rings is 2. The van der Waals surface area contributed by atoms with Crippen LogP contribution in [0.5, 0.6) is 0 Å². The van der Waals surface area contributed by atoms with Gasteiger partial charge in [0.05, 0.1) is 12.7 Å². The van der Waals surface area contributed by atoms with Gasteiger partial charge in [-0.2, -0.15) is 0 Å². The van der Waals surface area contributed by atoms with E-state index in [4.69, 9.17) is 16.3 Å². The molecule has 0 spiro atoms. The van der Waals surface area contributed by atoms with Crippen LogP contribution in [0.1, 0.15) is 24.0 Å². The van der Waals surface area contributed by atoms with Crippen LogP contribution < -0.4 is 5.32 Å². The summed E-state index contributed by atoms with van der Waals surface area (Å²) in [7, 11) is 0. The lowest BCUT2D eigenvalue weighted by atomic mass is 10.1. The third-order valence-corrected chi connectivity index (χ3v) is 4.71. The number of amides is 2. The monoisotopic (exact) mass is 358 g/mol. The molecule has 4 nitrogen and oxygen atoms in total. The van der Waals surface area contributed by atoms with Crippen molar-refractivity contribution in [1.82, 2.24) is 4.90 Å². The highest BCUT2D eigenvalue weighted by Crippen LogP contribution is 2.19. The van der Waals surface area contributed by atoms with Crippen LogP contribution in [0.3, 0.4) is 0 Å². The number of carbonyl (C=O) groups is 1. The van der Waals surface area contributed by atoms with Gasteiger partial charge < -0.3 is 15.0 Å². The molecule has 132 valence electrons. The molecular weight excluding hydrogens is 336 g/mol. The van der Waals surface area contributed by atoms with Gasteiger partial charge in [-0.1, -0.05) is 41.9 Å². The highest BCUT2D eigenvalue weighted by molar-refractivity contribution is 6.30. The third kappa shape index (κ3) is 4.97. The Bertz CT molecular complexity index is 735. The van der Waals surface area contributed by atoms with E-state index in [1.54, 1.807) is 12.1 Å². The molecule has 2 aromatic carbocycles. The van der Waals surface area contributed by atoms with Crippen LogP contribution in [0, 0.1) is 6.92 Å². The van der Waals surface area contributed by atoms with Crippen molar-refractivity contribution < 1.29 is 9.53 Å². The number of piperidine rings is 1. The molecule has 0 aromatic heterocycles. The first-order chi connectivity index (χ1) is 12.1. The van der Waals surface area contributed by atoms with Gasteiger partial charge in [0, 0.05) is 23.8 Å². The molecule has 1 atom stereocenters. The number of rotatable bonds is 4. The number of nitrogens with one attached hydrogen (secondary N) is 1. The minimum Gasteiger partial charge on any atom is -0.372 e. The number of likely N-dealkylation sites (tertiary alicyclic amines) is 1. The van der Waals surface area contributed by atoms with Crippen LogP contribution >= 0.6 is 11.6 Å². The minimum atomic E-state index is -0.105. The largest absolute Gasteiger partial charge is 0.372 e. The Morgan fingerprint density at radius 1 is 1.28 bits per heavy atom. The van der Waals surface area contributed by atoms with Gasteiger partial charge in [-0.15, -0.1) is 0 Å². The average molecular weight is 359 g/mol. The lowest BCUT2D eigenvalue weighted by Gasteiger charge is -2.32. The molecule has 25 heavy (non-hydrogen) atoms. The number of anilines is 1. The van der Waals surface area contributed by atoms with E-state index in [-0.39, 0.29) is 12.1 Å². The Kier molecular flexibility index (Phi) is 5.95. The van der Waals surface area contributed by atoms with Crippen LogP contribution in [0.4, 0.5) is 10.5 Å². The molecule has 2 aromatic rings. The molecule has 0 saturated carbocycles. The Morgan fingerprint density at radius 2 is 2.12 bits per heavy atom. The van der Waals surface area contributed by atoms with Gasteiger partial charge in [-0.05, 0) is 49.1 Å². The summed E-state index contributed by atoms with van der Waals surface area (Å²) < 4.78 is 6.06. The number of urea groups is 1. The quantitative estimate of drug-likeness (QED) is 0.847. The maximum absolute atomic E-state index is 12.5. The van der Waals surface area contributed by atoms with Crippen LogP contribution in [-0.4, -0.2) is 30.1 Å². The fraction of sp³-hybridized carbons (Fsp3) is 0.350. The number of halogens is 1. The molecule has 5 heteroatoms. The van der Waals surface area contributed by atoms with Gasteiger partial charge in [0.15, 0.2) is 0 Å². The normalized spacial score (nSPS) is 17.4. The predicted molar refractivity (Wildman–Crippen MR) is 101 cm³/mol. The topological polar surface area (TPSA) is 41.6 Å². The molecule has 1 N–H and O–H groups in total. The van der Waals surface area contributed by atoms with E-state index in [1.807, 2.05) is 29.2 Å². The summed E-state index contributed by atoms with van der Waals surface area (Å²) in [5.74, 6) is 0. The second-order valence-electron chi connectivity index (χ2n) is 6.39. The summed E-state index contributed by atoms with van der Waals surface area (Å²) in [6, 6.07) is 15.3. The maximum atomic E-state index is 12.5. The third-order valence-electron chi connectivity index (χ3n) is 4.48. The lowest BCUT2D eigenvalue weighted by Crippen LogP contribution is -2.45. The van der Waals surface area contributed by atoms with Crippen molar-refractivity contribution in [2.45, 2.75) is 32.5 Å². The van der Waals surface area contributed by atoms with Crippen LogP contribution in [0.15, 0.2) is 48.5 Å². The molecule has 1 fully saturated rings. The molecule has 0 unspecified atom stereocenters. The zero-order chi connectivity index (χ0) is 17.6. The highest BCUT2D eigenvalue weighted by atomic mass is 35.5.